The Bertz CT molecular complexity index is 535. The van der Waals surface area contributed by atoms with Crippen LogP contribution in [0.3, 0.4) is 0 Å². The van der Waals surface area contributed by atoms with E-state index in [1.54, 1.807) is 7.05 Å². The minimum Gasteiger partial charge on any atom is -0.373 e. The third-order valence-corrected chi connectivity index (χ3v) is 2.71. The van der Waals surface area contributed by atoms with Crippen molar-refractivity contribution < 1.29 is 4.39 Å². The summed E-state index contributed by atoms with van der Waals surface area (Å²) in [7, 11) is 1.80. The molecule has 2 rings (SSSR count). The Hall–Kier alpha value is -1.64. The number of nitrogens with zero attached hydrogens (tertiary/aromatic N) is 1. The number of rotatable bonds is 2. The van der Waals surface area contributed by atoms with E-state index < -0.39 is 0 Å². The Morgan fingerprint density at radius 1 is 1.31 bits per heavy atom. The maximum atomic E-state index is 13.7. The van der Waals surface area contributed by atoms with Gasteiger partial charge in [-0.25, -0.2) is 9.37 Å². The van der Waals surface area contributed by atoms with Gasteiger partial charge < -0.3 is 5.32 Å². The number of nitrogens with one attached hydrogen (secondary N) is 1. The fraction of sp³-hybridized carbons (Fsp3) is 0.308. The first kappa shape index (κ1) is 10.9. The van der Waals surface area contributed by atoms with Crippen LogP contribution in [-0.2, 0) is 6.42 Å². The summed E-state index contributed by atoms with van der Waals surface area (Å²) < 4.78 is 13.7. The number of anilines is 1. The highest BCUT2D eigenvalue weighted by atomic mass is 19.1. The van der Waals surface area contributed by atoms with Crippen molar-refractivity contribution >= 4 is 16.7 Å². The summed E-state index contributed by atoms with van der Waals surface area (Å²) in [5, 5.41) is 3.87. The van der Waals surface area contributed by atoms with Crippen molar-refractivity contribution in [2.45, 2.75) is 20.3 Å². The number of aromatic nitrogens is 1. The molecule has 0 amide bonds. The molecular formula is C13H15FN2. The van der Waals surface area contributed by atoms with Crippen molar-refractivity contribution in [3.8, 4) is 0 Å². The quantitative estimate of drug-likeness (QED) is 0.836. The molecule has 0 fully saturated rings. The highest BCUT2D eigenvalue weighted by Gasteiger charge is 2.08. The number of halogens is 1. The van der Waals surface area contributed by atoms with Gasteiger partial charge in [-0.3, -0.25) is 0 Å². The van der Waals surface area contributed by atoms with Gasteiger partial charge in [-0.2, -0.15) is 0 Å². The van der Waals surface area contributed by atoms with E-state index in [2.05, 4.69) is 17.2 Å². The zero-order valence-electron chi connectivity index (χ0n) is 9.76. The van der Waals surface area contributed by atoms with Crippen LogP contribution in [0.4, 0.5) is 10.2 Å². The number of aryl methyl sites for hydroxylation is 2. The lowest BCUT2D eigenvalue weighted by Crippen LogP contribution is -1.99. The Labute approximate surface area is 94.5 Å². The standard InChI is InChI=1S/C13H15FN2/c1-4-9-7-10-5-8(2)6-11(14)12(10)16-13(9)15-3/h5-7H,4H2,1-3H3,(H,15,16). The van der Waals surface area contributed by atoms with Crippen molar-refractivity contribution in [2.75, 3.05) is 12.4 Å². The third kappa shape index (κ3) is 1.73. The SMILES string of the molecule is CCc1cc2cc(C)cc(F)c2nc1NC. The zero-order chi connectivity index (χ0) is 11.7. The van der Waals surface area contributed by atoms with Crippen LogP contribution < -0.4 is 5.32 Å². The average Bonchev–Trinajstić information content (AvgIpc) is 2.27. The van der Waals surface area contributed by atoms with Crippen LogP contribution in [0, 0.1) is 12.7 Å². The topological polar surface area (TPSA) is 24.9 Å². The van der Waals surface area contributed by atoms with Gasteiger partial charge in [0, 0.05) is 12.4 Å². The zero-order valence-corrected chi connectivity index (χ0v) is 9.76. The molecule has 0 saturated heterocycles. The van der Waals surface area contributed by atoms with Gasteiger partial charge in [0.15, 0.2) is 0 Å². The van der Waals surface area contributed by atoms with E-state index in [1.165, 1.54) is 6.07 Å². The molecule has 2 nitrogen and oxygen atoms in total. The average molecular weight is 218 g/mol. The Balaban J connectivity index is 2.78. The first-order valence-corrected chi connectivity index (χ1v) is 5.43. The minimum absolute atomic E-state index is 0.255. The minimum atomic E-state index is -0.255. The lowest BCUT2D eigenvalue weighted by molar-refractivity contribution is 0.635. The monoisotopic (exact) mass is 218 g/mol. The lowest BCUT2D eigenvalue weighted by Gasteiger charge is -2.09. The van der Waals surface area contributed by atoms with Gasteiger partial charge in [-0.05, 0) is 42.7 Å². The summed E-state index contributed by atoms with van der Waals surface area (Å²) in [5.74, 6) is 0.506. The largest absolute Gasteiger partial charge is 0.373 e. The fourth-order valence-electron chi connectivity index (χ4n) is 1.92. The molecule has 16 heavy (non-hydrogen) atoms. The molecule has 0 radical (unpaired) electrons. The van der Waals surface area contributed by atoms with Crippen LogP contribution in [0.15, 0.2) is 18.2 Å². The summed E-state index contributed by atoms with van der Waals surface area (Å²) in [6, 6.07) is 5.48. The molecule has 0 aliphatic rings. The number of hydrogen-bond donors (Lipinski definition) is 1. The molecule has 0 aliphatic heterocycles. The van der Waals surface area contributed by atoms with Gasteiger partial charge in [0.25, 0.3) is 0 Å². The van der Waals surface area contributed by atoms with Gasteiger partial charge in [-0.1, -0.05) is 6.92 Å². The highest BCUT2D eigenvalue weighted by molar-refractivity contribution is 5.83. The molecule has 3 heteroatoms. The molecule has 1 N–H and O–H groups in total. The van der Waals surface area contributed by atoms with Crippen LogP contribution in [0.25, 0.3) is 10.9 Å². The molecule has 0 spiro atoms. The highest BCUT2D eigenvalue weighted by Crippen LogP contribution is 2.24. The second-order valence-corrected chi connectivity index (χ2v) is 3.92. The third-order valence-electron chi connectivity index (χ3n) is 2.71. The number of fused-ring (bicyclic) bond motifs is 1. The van der Waals surface area contributed by atoms with Crippen molar-refractivity contribution in [3.63, 3.8) is 0 Å². The second kappa shape index (κ2) is 4.08. The molecule has 0 bridgehead atoms. The van der Waals surface area contributed by atoms with E-state index in [4.69, 9.17) is 0 Å². The van der Waals surface area contributed by atoms with Crippen molar-refractivity contribution in [1.29, 1.82) is 0 Å². The normalized spacial score (nSPS) is 10.8. The number of hydrogen-bond acceptors (Lipinski definition) is 2. The molecule has 1 aromatic heterocycles. The van der Waals surface area contributed by atoms with E-state index in [9.17, 15) is 4.39 Å². The number of benzene rings is 1. The molecule has 2 aromatic rings. The van der Waals surface area contributed by atoms with Crippen molar-refractivity contribution in [3.05, 3.63) is 35.1 Å². The Morgan fingerprint density at radius 3 is 2.69 bits per heavy atom. The Morgan fingerprint density at radius 2 is 2.06 bits per heavy atom. The predicted octanol–water partition coefficient (Wildman–Crippen LogP) is 3.29. The van der Waals surface area contributed by atoms with E-state index in [0.29, 0.717) is 5.52 Å². The molecule has 84 valence electrons. The molecule has 1 aromatic carbocycles. The fourth-order valence-corrected chi connectivity index (χ4v) is 1.92. The number of pyridine rings is 1. The van der Waals surface area contributed by atoms with E-state index >= 15 is 0 Å². The first-order valence-electron chi connectivity index (χ1n) is 5.43. The van der Waals surface area contributed by atoms with Crippen molar-refractivity contribution in [2.24, 2.45) is 0 Å². The molecule has 1 heterocycles. The van der Waals surface area contributed by atoms with Gasteiger partial charge >= 0.3 is 0 Å². The maximum absolute atomic E-state index is 13.7. The van der Waals surface area contributed by atoms with E-state index in [0.717, 1.165) is 28.8 Å². The van der Waals surface area contributed by atoms with Gasteiger partial charge in [0.2, 0.25) is 0 Å². The van der Waals surface area contributed by atoms with Crippen molar-refractivity contribution in [1.82, 2.24) is 4.98 Å². The van der Waals surface area contributed by atoms with Gasteiger partial charge in [0.1, 0.15) is 17.2 Å². The van der Waals surface area contributed by atoms with E-state index in [-0.39, 0.29) is 5.82 Å². The summed E-state index contributed by atoms with van der Waals surface area (Å²) >= 11 is 0. The molecule has 0 saturated carbocycles. The summed E-state index contributed by atoms with van der Waals surface area (Å²) in [5.41, 5.74) is 2.47. The van der Waals surface area contributed by atoms with Crippen LogP contribution >= 0.6 is 0 Å². The summed E-state index contributed by atoms with van der Waals surface area (Å²) in [6.45, 7) is 3.95. The van der Waals surface area contributed by atoms with Gasteiger partial charge in [0.05, 0.1) is 0 Å². The smallest absolute Gasteiger partial charge is 0.149 e. The second-order valence-electron chi connectivity index (χ2n) is 3.92. The summed E-state index contributed by atoms with van der Waals surface area (Å²) in [4.78, 5) is 4.32. The summed E-state index contributed by atoms with van der Waals surface area (Å²) in [6.07, 6.45) is 0.884. The maximum Gasteiger partial charge on any atom is 0.149 e. The molecule has 0 atom stereocenters. The molecule has 0 aliphatic carbocycles. The van der Waals surface area contributed by atoms with Crippen LogP contribution in [0.1, 0.15) is 18.1 Å². The van der Waals surface area contributed by atoms with E-state index in [1.807, 2.05) is 19.1 Å². The first-order chi connectivity index (χ1) is 7.65. The van der Waals surface area contributed by atoms with Crippen LogP contribution in [0.2, 0.25) is 0 Å². The Kier molecular flexibility index (Phi) is 2.77. The molecular weight excluding hydrogens is 203 g/mol. The van der Waals surface area contributed by atoms with Crippen LogP contribution in [-0.4, -0.2) is 12.0 Å². The molecule has 0 unspecified atom stereocenters. The van der Waals surface area contributed by atoms with Crippen LogP contribution in [0.5, 0.6) is 0 Å². The lowest BCUT2D eigenvalue weighted by atomic mass is 10.1. The van der Waals surface area contributed by atoms with Gasteiger partial charge in [-0.15, -0.1) is 0 Å². The predicted molar refractivity (Wildman–Crippen MR) is 65.4 cm³/mol.